The zero-order valence-corrected chi connectivity index (χ0v) is 19.0. The largest absolute Gasteiger partial charge is 0.487 e. The number of benzene rings is 1. The van der Waals surface area contributed by atoms with E-state index >= 15 is 0 Å². The molecule has 2 aliphatic heterocycles. The fourth-order valence-corrected chi connectivity index (χ4v) is 6.03. The van der Waals surface area contributed by atoms with Gasteiger partial charge in [0.1, 0.15) is 22.7 Å². The molecule has 0 bridgehead atoms. The summed E-state index contributed by atoms with van der Waals surface area (Å²) in [4.78, 5) is 26.2. The number of hydrogen-bond donors (Lipinski definition) is 0. The second-order valence-corrected chi connectivity index (χ2v) is 11.2. The van der Waals surface area contributed by atoms with Gasteiger partial charge < -0.3 is 18.8 Å². The highest BCUT2D eigenvalue weighted by atomic mass is 32.2. The molecule has 2 aliphatic rings. The summed E-state index contributed by atoms with van der Waals surface area (Å²) in [5.74, 6) is 0.731. The van der Waals surface area contributed by atoms with E-state index < -0.39 is 15.5 Å². The summed E-state index contributed by atoms with van der Waals surface area (Å²) in [5, 5.41) is 0.639. The van der Waals surface area contributed by atoms with Crippen molar-refractivity contribution in [3.63, 3.8) is 0 Å². The summed E-state index contributed by atoms with van der Waals surface area (Å²) in [6, 6.07) is 2.80. The Balaban J connectivity index is 1.64. The van der Waals surface area contributed by atoms with Crippen LogP contribution in [0.4, 0.5) is 0 Å². The third-order valence-electron chi connectivity index (χ3n) is 6.10. The van der Waals surface area contributed by atoms with Crippen molar-refractivity contribution in [1.82, 2.24) is 4.90 Å². The predicted molar refractivity (Wildman–Crippen MR) is 116 cm³/mol. The van der Waals surface area contributed by atoms with Crippen LogP contribution in [0.1, 0.15) is 37.8 Å². The number of carbonyl (C=O) groups is 1. The molecule has 0 saturated carbocycles. The highest BCUT2D eigenvalue weighted by Crippen LogP contribution is 2.42. The van der Waals surface area contributed by atoms with Crippen LogP contribution in [-0.4, -0.2) is 56.0 Å². The first-order chi connectivity index (χ1) is 14.5. The third kappa shape index (κ3) is 4.28. The van der Waals surface area contributed by atoms with Gasteiger partial charge in [0.2, 0.25) is 0 Å². The van der Waals surface area contributed by atoms with Gasteiger partial charge in [-0.05, 0) is 45.6 Å². The van der Waals surface area contributed by atoms with Crippen LogP contribution in [-0.2, 0) is 21.1 Å². The van der Waals surface area contributed by atoms with Gasteiger partial charge in [-0.15, -0.1) is 0 Å². The lowest BCUT2D eigenvalue weighted by Gasteiger charge is -2.33. The van der Waals surface area contributed by atoms with Crippen LogP contribution in [0.3, 0.4) is 0 Å². The smallest absolute Gasteiger partial charge is 0.336 e. The van der Waals surface area contributed by atoms with E-state index in [-0.39, 0.29) is 35.7 Å². The van der Waals surface area contributed by atoms with Gasteiger partial charge in [0.25, 0.3) is 5.91 Å². The van der Waals surface area contributed by atoms with Crippen molar-refractivity contribution in [3.05, 3.63) is 33.7 Å². The molecule has 31 heavy (non-hydrogen) atoms. The van der Waals surface area contributed by atoms with Gasteiger partial charge in [-0.1, -0.05) is 0 Å². The fraction of sp³-hybridized carbons (Fsp3) is 0.545. The molecule has 0 unspecified atom stereocenters. The zero-order chi connectivity index (χ0) is 22.6. The molecule has 1 aromatic heterocycles. The second-order valence-electron chi connectivity index (χ2n) is 9.02. The predicted octanol–water partition coefficient (Wildman–Crippen LogP) is 2.23. The molecule has 1 aromatic carbocycles. The highest BCUT2D eigenvalue weighted by molar-refractivity contribution is 7.91. The van der Waals surface area contributed by atoms with E-state index in [1.54, 1.807) is 20.0 Å². The molecule has 168 valence electrons. The minimum absolute atomic E-state index is 0.0236. The Labute approximate surface area is 181 Å². The topological polar surface area (TPSA) is 103 Å². The Morgan fingerprint density at radius 1 is 1.32 bits per heavy atom. The molecule has 1 amide bonds. The average Bonchev–Trinajstić information content (AvgIpc) is 3.03. The molecule has 1 fully saturated rings. The highest BCUT2D eigenvalue weighted by Gasteiger charge is 2.33. The van der Waals surface area contributed by atoms with Crippen molar-refractivity contribution < 1.29 is 27.1 Å². The fourth-order valence-electron chi connectivity index (χ4n) is 4.26. The van der Waals surface area contributed by atoms with Crippen LogP contribution < -0.4 is 15.1 Å². The van der Waals surface area contributed by atoms with Crippen molar-refractivity contribution in [2.24, 2.45) is 0 Å². The first-order valence-corrected chi connectivity index (χ1v) is 12.2. The molecule has 8 nitrogen and oxygen atoms in total. The molecule has 0 radical (unpaired) electrons. The van der Waals surface area contributed by atoms with Gasteiger partial charge in [0, 0.05) is 30.8 Å². The van der Waals surface area contributed by atoms with Crippen molar-refractivity contribution in [2.45, 2.75) is 51.7 Å². The first-order valence-electron chi connectivity index (χ1n) is 10.3. The number of hydrogen-bond acceptors (Lipinski definition) is 7. The van der Waals surface area contributed by atoms with Crippen molar-refractivity contribution >= 4 is 26.7 Å². The Hall–Kier alpha value is -2.55. The zero-order valence-electron chi connectivity index (χ0n) is 18.2. The number of carbonyl (C=O) groups excluding carboxylic acids is 1. The summed E-state index contributed by atoms with van der Waals surface area (Å²) in [5.41, 5.74) is 1.12. The molecule has 4 rings (SSSR count). The molecule has 1 atom stereocenters. The maximum Gasteiger partial charge on any atom is 0.336 e. The number of likely N-dealkylation sites (N-methyl/N-ethyl adjacent to an activating group) is 1. The number of fused-ring (bicyclic) bond motifs is 3. The van der Waals surface area contributed by atoms with Crippen molar-refractivity contribution in [1.29, 1.82) is 0 Å². The standard InChI is InChI=1S/C22H27NO7S/c1-13-9-19(25)29-21-15-5-7-22(2,3)30-16(15)10-17(20(13)21)28-11-18(24)23(4)14-6-8-31(26,27)12-14/h9-10,14H,5-8,11-12H2,1-4H3/t14-/m1/s1. The van der Waals surface area contributed by atoms with E-state index in [1.807, 2.05) is 13.8 Å². The quantitative estimate of drug-likeness (QED) is 0.660. The first kappa shape index (κ1) is 21.7. The Morgan fingerprint density at radius 3 is 2.74 bits per heavy atom. The number of nitrogens with zero attached hydrogens (tertiary/aromatic N) is 1. The normalized spacial score (nSPS) is 21.4. The van der Waals surface area contributed by atoms with E-state index in [0.717, 1.165) is 12.0 Å². The number of sulfone groups is 1. The minimum atomic E-state index is -3.09. The summed E-state index contributed by atoms with van der Waals surface area (Å²) >= 11 is 0. The Bertz CT molecular complexity index is 1210. The van der Waals surface area contributed by atoms with Crippen LogP contribution in [0.15, 0.2) is 21.3 Å². The van der Waals surface area contributed by atoms with E-state index in [1.165, 1.54) is 11.0 Å². The Morgan fingerprint density at radius 2 is 2.06 bits per heavy atom. The van der Waals surface area contributed by atoms with Crippen molar-refractivity contribution in [2.75, 3.05) is 25.2 Å². The van der Waals surface area contributed by atoms with E-state index in [0.29, 0.717) is 40.9 Å². The average molecular weight is 450 g/mol. The van der Waals surface area contributed by atoms with Crippen LogP contribution in [0, 0.1) is 6.92 Å². The maximum absolute atomic E-state index is 12.7. The number of rotatable bonds is 4. The van der Waals surface area contributed by atoms with Gasteiger partial charge >= 0.3 is 5.63 Å². The van der Waals surface area contributed by atoms with Crippen LogP contribution in [0.5, 0.6) is 11.5 Å². The monoisotopic (exact) mass is 449 g/mol. The molecule has 3 heterocycles. The molecule has 0 N–H and O–H groups in total. The second kappa shape index (κ2) is 7.55. The third-order valence-corrected chi connectivity index (χ3v) is 7.85. The molecule has 0 aliphatic carbocycles. The lowest BCUT2D eigenvalue weighted by molar-refractivity contribution is -0.133. The van der Waals surface area contributed by atoms with Crippen LogP contribution >= 0.6 is 0 Å². The molecule has 1 saturated heterocycles. The lowest BCUT2D eigenvalue weighted by atomic mass is 9.92. The molecule has 2 aromatic rings. The SMILES string of the molecule is Cc1cc(=O)oc2c3c(cc(OCC(=O)N(C)[C@@H]4CCS(=O)(=O)C4)c12)OC(C)(C)CC3. The van der Waals surface area contributed by atoms with Gasteiger partial charge in [0.05, 0.1) is 16.9 Å². The van der Waals surface area contributed by atoms with E-state index in [4.69, 9.17) is 13.9 Å². The summed E-state index contributed by atoms with van der Waals surface area (Å²) in [7, 11) is -1.50. The van der Waals surface area contributed by atoms with Gasteiger partial charge in [-0.2, -0.15) is 0 Å². The molecule has 9 heteroatoms. The minimum Gasteiger partial charge on any atom is -0.487 e. The Kier molecular flexibility index (Phi) is 5.28. The molecular weight excluding hydrogens is 422 g/mol. The summed E-state index contributed by atoms with van der Waals surface area (Å²) < 4.78 is 41.0. The van der Waals surface area contributed by atoms with E-state index in [2.05, 4.69) is 0 Å². The lowest BCUT2D eigenvalue weighted by Crippen LogP contribution is -2.40. The van der Waals surface area contributed by atoms with Crippen LogP contribution in [0.2, 0.25) is 0 Å². The number of ether oxygens (including phenoxy) is 2. The van der Waals surface area contributed by atoms with Gasteiger partial charge in [-0.3, -0.25) is 4.79 Å². The van der Waals surface area contributed by atoms with Crippen molar-refractivity contribution in [3.8, 4) is 11.5 Å². The maximum atomic E-state index is 12.7. The van der Waals surface area contributed by atoms with E-state index in [9.17, 15) is 18.0 Å². The summed E-state index contributed by atoms with van der Waals surface area (Å²) in [6.07, 6.45) is 1.91. The molecule has 0 spiro atoms. The molecular formula is C22H27NO7S. The summed E-state index contributed by atoms with van der Waals surface area (Å²) in [6.45, 7) is 5.51. The number of amides is 1. The van der Waals surface area contributed by atoms with Gasteiger partial charge in [-0.25, -0.2) is 13.2 Å². The van der Waals surface area contributed by atoms with Gasteiger partial charge in [0.15, 0.2) is 16.4 Å². The number of aryl methyl sites for hydroxylation is 2. The van der Waals surface area contributed by atoms with Crippen LogP contribution in [0.25, 0.3) is 11.0 Å².